The lowest BCUT2D eigenvalue weighted by Crippen LogP contribution is -2.31. The summed E-state index contributed by atoms with van der Waals surface area (Å²) in [6.45, 7) is 3.22. The average molecular weight is 321 g/mol. The van der Waals surface area contributed by atoms with Crippen LogP contribution in [0.5, 0.6) is 0 Å². The summed E-state index contributed by atoms with van der Waals surface area (Å²) in [5.74, 6) is -0.720. The van der Waals surface area contributed by atoms with E-state index in [9.17, 15) is 9.59 Å². The molecule has 0 fully saturated rings. The van der Waals surface area contributed by atoms with Crippen LogP contribution in [-0.2, 0) is 9.59 Å². The number of carbonyl (C=O) groups is 2. The molecule has 0 radical (unpaired) electrons. The first-order chi connectivity index (χ1) is 9.86. The van der Waals surface area contributed by atoms with Gasteiger partial charge in [0.15, 0.2) is 0 Å². The Morgan fingerprint density at radius 3 is 2.33 bits per heavy atom. The molecule has 1 aromatic rings. The van der Waals surface area contributed by atoms with Gasteiger partial charge in [0.05, 0.1) is 5.69 Å². The van der Waals surface area contributed by atoms with E-state index in [4.69, 9.17) is 28.5 Å². The normalized spacial score (nSPS) is 15.8. The number of allylic oxidation sites excluding steroid dienone is 1. The zero-order valence-corrected chi connectivity index (χ0v) is 12.8. The fraction of sp³-hybridized carbons (Fsp3) is 0.133. The molecular formula is C15H10Cl2N2O2. The average Bonchev–Trinajstić information content (AvgIpc) is 2.65. The topological polar surface area (TPSA) is 61.2 Å². The second-order valence-corrected chi connectivity index (χ2v) is 5.32. The van der Waals surface area contributed by atoms with Crippen LogP contribution in [0.1, 0.15) is 19.4 Å². The van der Waals surface area contributed by atoms with E-state index in [0.29, 0.717) is 27.4 Å². The summed E-state index contributed by atoms with van der Waals surface area (Å²) in [7, 11) is 0. The first kappa shape index (κ1) is 15.3. The van der Waals surface area contributed by atoms with Crippen molar-refractivity contribution >= 4 is 46.8 Å². The molecule has 0 saturated carbocycles. The molecule has 1 heterocycles. The summed E-state index contributed by atoms with van der Waals surface area (Å²) in [5, 5.41) is 9.03. The number of nitrogens with zero attached hydrogens (tertiary/aromatic N) is 2. The first-order valence-electron chi connectivity index (χ1n) is 6.00. The Labute approximate surface area is 131 Å². The van der Waals surface area contributed by atoms with Gasteiger partial charge in [0.2, 0.25) is 0 Å². The number of benzene rings is 1. The van der Waals surface area contributed by atoms with Crippen molar-refractivity contribution in [3.05, 3.63) is 45.0 Å². The zero-order chi connectivity index (χ0) is 15.7. The highest BCUT2D eigenvalue weighted by Crippen LogP contribution is 2.30. The third-order valence-corrected chi connectivity index (χ3v) is 3.77. The van der Waals surface area contributed by atoms with Gasteiger partial charge in [-0.3, -0.25) is 9.59 Å². The molecule has 0 N–H and O–H groups in total. The molecule has 0 bridgehead atoms. The maximum atomic E-state index is 12.1. The number of nitriles is 1. The summed E-state index contributed by atoms with van der Waals surface area (Å²) in [6.07, 6.45) is 1.38. The summed E-state index contributed by atoms with van der Waals surface area (Å²) >= 11 is 11.7. The Hall–Kier alpha value is -2.09. The van der Waals surface area contributed by atoms with Crippen molar-refractivity contribution in [3.8, 4) is 6.07 Å². The number of imide groups is 1. The summed E-state index contributed by atoms with van der Waals surface area (Å²) in [5.41, 5.74) is 1.69. The van der Waals surface area contributed by atoms with E-state index in [1.54, 1.807) is 38.1 Å². The van der Waals surface area contributed by atoms with Crippen LogP contribution in [0.3, 0.4) is 0 Å². The van der Waals surface area contributed by atoms with Crippen LogP contribution in [0.2, 0.25) is 5.02 Å². The minimum atomic E-state index is -0.360. The Balaban J connectivity index is 2.49. The molecule has 0 atom stereocenters. The van der Waals surface area contributed by atoms with Crippen molar-refractivity contribution in [1.29, 1.82) is 5.26 Å². The third kappa shape index (κ3) is 2.71. The largest absolute Gasteiger partial charge is 0.269 e. The van der Waals surface area contributed by atoms with Crippen molar-refractivity contribution in [3.63, 3.8) is 0 Å². The predicted molar refractivity (Wildman–Crippen MR) is 81.8 cm³/mol. The number of rotatable bonds is 2. The number of hydrogen-bond donors (Lipinski definition) is 0. The monoisotopic (exact) mass is 320 g/mol. The molecule has 21 heavy (non-hydrogen) atoms. The van der Waals surface area contributed by atoms with Gasteiger partial charge in [-0.05, 0) is 43.7 Å². The minimum Gasteiger partial charge on any atom is -0.269 e. The van der Waals surface area contributed by atoms with Gasteiger partial charge in [0, 0.05) is 16.2 Å². The van der Waals surface area contributed by atoms with Gasteiger partial charge in [-0.15, -0.1) is 0 Å². The Bertz CT molecular complexity index is 733. The predicted octanol–water partition coefficient (Wildman–Crippen LogP) is 3.65. The fourth-order valence-electron chi connectivity index (χ4n) is 1.93. The van der Waals surface area contributed by atoms with Gasteiger partial charge < -0.3 is 0 Å². The van der Waals surface area contributed by atoms with Crippen LogP contribution in [0.4, 0.5) is 5.69 Å². The molecule has 1 aliphatic heterocycles. The lowest BCUT2D eigenvalue weighted by molar-refractivity contribution is -0.120. The van der Waals surface area contributed by atoms with Crippen LogP contribution < -0.4 is 4.90 Å². The molecule has 1 aliphatic rings. The molecule has 0 unspecified atom stereocenters. The molecule has 106 valence electrons. The molecule has 1 aromatic carbocycles. The lowest BCUT2D eigenvalue weighted by Gasteiger charge is -2.16. The summed E-state index contributed by atoms with van der Waals surface area (Å²) in [6, 6.07) is 6.44. The van der Waals surface area contributed by atoms with Gasteiger partial charge in [0.25, 0.3) is 11.8 Å². The van der Waals surface area contributed by atoms with Crippen molar-refractivity contribution in [2.75, 3.05) is 4.90 Å². The van der Waals surface area contributed by atoms with E-state index in [1.165, 1.54) is 6.08 Å². The second-order valence-electron chi connectivity index (χ2n) is 4.51. The van der Waals surface area contributed by atoms with Crippen LogP contribution in [0, 0.1) is 11.3 Å². The van der Waals surface area contributed by atoms with Crippen LogP contribution in [0.25, 0.3) is 6.08 Å². The molecule has 0 aliphatic carbocycles. The second kappa shape index (κ2) is 5.72. The third-order valence-electron chi connectivity index (χ3n) is 3.24. The molecular weight excluding hydrogens is 311 g/mol. The zero-order valence-electron chi connectivity index (χ0n) is 11.3. The lowest BCUT2D eigenvalue weighted by atomic mass is 10.1. The van der Waals surface area contributed by atoms with Crippen molar-refractivity contribution in [2.45, 2.75) is 13.8 Å². The van der Waals surface area contributed by atoms with E-state index in [-0.39, 0.29) is 16.8 Å². The standard InChI is InChI=1S/C15H10Cl2N2O2/c1-8-9(2)15(21)19(14(8)20)12-3-4-13(17)10(6-12)5-11(16)7-18/h3-6H,1-2H3/b11-5+. The highest BCUT2D eigenvalue weighted by atomic mass is 35.5. The Kier molecular flexibility index (Phi) is 4.17. The van der Waals surface area contributed by atoms with Crippen molar-refractivity contribution in [1.82, 2.24) is 0 Å². The quantitative estimate of drug-likeness (QED) is 0.617. The van der Waals surface area contributed by atoms with Gasteiger partial charge >= 0.3 is 0 Å². The van der Waals surface area contributed by atoms with E-state index >= 15 is 0 Å². The smallest absolute Gasteiger partial charge is 0.261 e. The van der Waals surface area contributed by atoms with Crippen LogP contribution in [-0.4, -0.2) is 11.8 Å². The molecule has 0 aromatic heterocycles. The number of anilines is 1. The van der Waals surface area contributed by atoms with Gasteiger partial charge in [-0.25, -0.2) is 4.90 Å². The maximum Gasteiger partial charge on any atom is 0.261 e. The number of halogens is 2. The van der Waals surface area contributed by atoms with Crippen molar-refractivity contribution in [2.24, 2.45) is 0 Å². The number of amides is 2. The van der Waals surface area contributed by atoms with E-state index in [2.05, 4.69) is 0 Å². The minimum absolute atomic E-state index is 0.0430. The van der Waals surface area contributed by atoms with E-state index in [1.807, 2.05) is 0 Å². The molecule has 4 nitrogen and oxygen atoms in total. The van der Waals surface area contributed by atoms with Crippen LogP contribution >= 0.6 is 23.2 Å². The molecule has 0 spiro atoms. The highest BCUT2D eigenvalue weighted by Gasteiger charge is 2.34. The van der Waals surface area contributed by atoms with Crippen molar-refractivity contribution < 1.29 is 9.59 Å². The Morgan fingerprint density at radius 1 is 1.24 bits per heavy atom. The maximum absolute atomic E-state index is 12.1. The summed E-state index contributed by atoms with van der Waals surface area (Å²) in [4.78, 5) is 25.3. The van der Waals surface area contributed by atoms with Crippen LogP contribution in [0.15, 0.2) is 34.4 Å². The number of carbonyl (C=O) groups excluding carboxylic acids is 2. The van der Waals surface area contributed by atoms with E-state index in [0.717, 1.165) is 4.90 Å². The highest BCUT2D eigenvalue weighted by molar-refractivity contribution is 6.36. The summed E-state index contributed by atoms with van der Waals surface area (Å²) < 4.78 is 0. The first-order valence-corrected chi connectivity index (χ1v) is 6.75. The molecule has 0 saturated heterocycles. The van der Waals surface area contributed by atoms with Gasteiger partial charge in [-0.2, -0.15) is 5.26 Å². The molecule has 2 amide bonds. The van der Waals surface area contributed by atoms with Gasteiger partial charge in [0.1, 0.15) is 11.1 Å². The van der Waals surface area contributed by atoms with E-state index < -0.39 is 0 Å². The van der Waals surface area contributed by atoms with Gasteiger partial charge in [-0.1, -0.05) is 23.2 Å². The number of hydrogen-bond acceptors (Lipinski definition) is 3. The SMILES string of the molecule is CC1=C(C)C(=O)N(c2ccc(Cl)c(/C=C(/Cl)C#N)c2)C1=O. The fourth-order valence-corrected chi connectivity index (χ4v) is 2.22. The molecule has 2 rings (SSSR count). The Morgan fingerprint density at radius 2 is 1.81 bits per heavy atom. The molecule has 6 heteroatoms.